The number of hydrogen-bond acceptors (Lipinski definition) is 4. The van der Waals surface area contributed by atoms with Gasteiger partial charge < -0.3 is 5.21 Å². The zero-order valence-electron chi connectivity index (χ0n) is 9.46. The minimum Gasteiger partial charge on any atom is -0.411 e. The fraction of sp³-hybridized carbons (Fsp3) is 0.900. The Morgan fingerprint density at radius 3 is 2.69 bits per heavy atom. The van der Waals surface area contributed by atoms with Gasteiger partial charge >= 0.3 is 0 Å². The van der Waals surface area contributed by atoms with Gasteiger partial charge in [-0.2, -0.15) is 0 Å². The maximum Gasteiger partial charge on any atom is 0.214 e. The van der Waals surface area contributed by atoms with Crippen LogP contribution < -0.4 is 0 Å². The van der Waals surface area contributed by atoms with Gasteiger partial charge in [-0.1, -0.05) is 12.1 Å². The quantitative estimate of drug-likeness (QED) is 0.594. The summed E-state index contributed by atoms with van der Waals surface area (Å²) in [4.78, 5) is 0. The van der Waals surface area contributed by atoms with E-state index < -0.39 is 10.0 Å². The molecule has 1 atom stereocenters. The molecule has 1 saturated carbocycles. The predicted octanol–water partition coefficient (Wildman–Crippen LogP) is 0.898. The molecule has 2 rings (SSSR count). The van der Waals surface area contributed by atoms with Gasteiger partial charge in [0, 0.05) is 25.4 Å². The van der Waals surface area contributed by atoms with E-state index in [4.69, 9.17) is 5.21 Å². The number of sulfonamides is 1. The molecule has 2 aliphatic rings. The molecule has 92 valence electrons. The van der Waals surface area contributed by atoms with Crippen molar-refractivity contribution in [1.29, 1.82) is 0 Å². The minimum atomic E-state index is -3.09. The minimum absolute atomic E-state index is 0.0210. The molecule has 2 fully saturated rings. The van der Waals surface area contributed by atoms with Gasteiger partial charge in [-0.05, 0) is 18.8 Å². The Kier molecular flexibility index (Phi) is 3.21. The molecule has 0 spiro atoms. The van der Waals surface area contributed by atoms with Crippen molar-refractivity contribution in [3.8, 4) is 0 Å². The molecule has 0 aromatic rings. The van der Waals surface area contributed by atoms with E-state index in [2.05, 4.69) is 5.16 Å². The molecule has 0 radical (unpaired) electrons. The highest BCUT2D eigenvalue weighted by Gasteiger charge is 2.35. The molecule has 1 unspecified atom stereocenters. The van der Waals surface area contributed by atoms with Crippen LogP contribution in [0.1, 0.15) is 26.2 Å². The molecular weight excluding hydrogens is 228 g/mol. The molecule has 5 nitrogen and oxygen atoms in total. The number of piperidine rings is 1. The Balaban J connectivity index is 2.00. The van der Waals surface area contributed by atoms with Crippen LogP contribution in [0.4, 0.5) is 0 Å². The van der Waals surface area contributed by atoms with Crippen LogP contribution in [-0.4, -0.2) is 42.5 Å². The van der Waals surface area contributed by atoms with E-state index in [0.717, 1.165) is 12.8 Å². The summed E-state index contributed by atoms with van der Waals surface area (Å²) in [6.07, 6.45) is 2.64. The van der Waals surface area contributed by atoms with Crippen LogP contribution in [0.25, 0.3) is 0 Å². The second-order valence-electron chi connectivity index (χ2n) is 4.82. The molecule has 0 aromatic carbocycles. The van der Waals surface area contributed by atoms with Crippen LogP contribution in [0, 0.1) is 11.8 Å². The van der Waals surface area contributed by atoms with E-state index in [9.17, 15) is 8.42 Å². The van der Waals surface area contributed by atoms with Crippen molar-refractivity contribution in [2.24, 2.45) is 17.0 Å². The van der Waals surface area contributed by atoms with Crippen molar-refractivity contribution in [3.05, 3.63) is 0 Å². The fourth-order valence-corrected chi connectivity index (χ4v) is 4.04. The summed E-state index contributed by atoms with van der Waals surface area (Å²) in [6, 6.07) is 0. The maximum absolute atomic E-state index is 12.0. The van der Waals surface area contributed by atoms with Gasteiger partial charge in [0.05, 0.1) is 11.5 Å². The number of hydrogen-bond donors (Lipinski definition) is 1. The first-order chi connectivity index (χ1) is 7.53. The first-order valence-corrected chi connectivity index (χ1v) is 7.32. The molecule has 1 aliphatic carbocycles. The van der Waals surface area contributed by atoms with E-state index in [1.165, 1.54) is 0 Å². The highest BCUT2D eigenvalue weighted by atomic mass is 32.2. The largest absolute Gasteiger partial charge is 0.411 e. The number of rotatable bonds is 3. The Hall–Kier alpha value is -0.620. The van der Waals surface area contributed by atoms with Gasteiger partial charge in [-0.25, -0.2) is 12.7 Å². The van der Waals surface area contributed by atoms with Crippen LogP contribution in [0.15, 0.2) is 5.16 Å². The Labute approximate surface area is 96.2 Å². The molecule has 1 saturated heterocycles. The van der Waals surface area contributed by atoms with Gasteiger partial charge in [0.1, 0.15) is 0 Å². The van der Waals surface area contributed by atoms with E-state index in [0.29, 0.717) is 36.9 Å². The molecule has 1 N–H and O–H groups in total. The summed E-state index contributed by atoms with van der Waals surface area (Å²) in [5.74, 6) is 0.701. The predicted molar refractivity (Wildman–Crippen MR) is 61.1 cm³/mol. The van der Waals surface area contributed by atoms with Crippen LogP contribution in [0.5, 0.6) is 0 Å². The standard InChI is InChI=1S/C10H18N2O3S/c1-8-6-12(5-4-10(8)11-13)16(14,15)7-9-2-3-9/h8-9,13H,2-7H2,1H3. The first-order valence-electron chi connectivity index (χ1n) is 5.71. The molecule has 16 heavy (non-hydrogen) atoms. The highest BCUT2D eigenvalue weighted by Crippen LogP contribution is 2.31. The highest BCUT2D eigenvalue weighted by molar-refractivity contribution is 7.89. The van der Waals surface area contributed by atoms with Crippen LogP contribution in [-0.2, 0) is 10.0 Å². The summed E-state index contributed by atoms with van der Waals surface area (Å²) in [5, 5.41) is 11.9. The third kappa shape index (κ3) is 2.55. The van der Waals surface area contributed by atoms with E-state index >= 15 is 0 Å². The molecule has 0 aromatic heterocycles. The lowest BCUT2D eigenvalue weighted by atomic mass is 10.00. The van der Waals surface area contributed by atoms with Crippen LogP contribution in [0.2, 0.25) is 0 Å². The summed E-state index contributed by atoms with van der Waals surface area (Å²) in [5.41, 5.74) is 0.706. The van der Waals surface area contributed by atoms with Crippen molar-refractivity contribution in [2.45, 2.75) is 26.2 Å². The second-order valence-corrected chi connectivity index (χ2v) is 6.84. The third-order valence-electron chi connectivity index (χ3n) is 3.33. The average molecular weight is 246 g/mol. The molecule has 0 bridgehead atoms. The van der Waals surface area contributed by atoms with Gasteiger partial charge in [-0.3, -0.25) is 0 Å². The average Bonchev–Trinajstić information content (AvgIpc) is 3.01. The fourth-order valence-electron chi connectivity index (χ4n) is 2.08. The van der Waals surface area contributed by atoms with Crippen LogP contribution >= 0.6 is 0 Å². The van der Waals surface area contributed by atoms with Crippen molar-refractivity contribution in [2.75, 3.05) is 18.8 Å². The molecule has 6 heteroatoms. The summed E-state index contributed by atoms with van der Waals surface area (Å²) in [7, 11) is -3.09. The van der Waals surface area contributed by atoms with Gasteiger partial charge in [-0.15, -0.1) is 0 Å². The lowest BCUT2D eigenvalue weighted by molar-refractivity contribution is 0.300. The van der Waals surface area contributed by atoms with E-state index in [1.807, 2.05) is 6.92 Å². The van der Waals surface area contributed by atoms with Crippen molar-refractivity contribution >= 4 is 15.7 Å². The topological polar surface area (TPSA) is 70.0 Å². The van der Waals surface area contributed by atoms with Gasteiger partial charge in [0.15, 0.2) is 0 Å². The Morgan fingerprint density at radius 2 is 2.19 bits per heavy atom. The van der Waals surface area contributed by atoms with E-state index in [-0.39, 0.29) is 5.92 Å². The zero-order chi connectivity index (χ0) is 11.8. The lowest BCUT2D eigenvalue weighted by Crippen LogP contribution is -2.44. The first kappa shape index (κ1) is 11.9. The van der Waals surface area contributed by atoms with Gasteiger partial charge in [0.2, 0.25) is 10.0 Å². The van der Waals surface area contributed by atoms with E-state index in [1.54, 1.807) is 4.31 Å². The number of oxime groups is 1. The van der Waals surface area contributed by atoms with Crippen molar-refractivity contribution < 1.29 is 13.6 Å². The molecule has 0 amide bonds. The monoisotopic (exact) mass is 246 g/mol. The summed E-state index contributed by atoms with van der Waals surface area (Å²) >= 11 is 0. The van der Waals surface area contributed by atoms with Crippen molar-refractivity contribution in [3.63, 3.8) is 0 Å². The third-order valence-corrected chi connectivity index (χ3v) is 5.34. The normalized spacial score (nSPS) is 30.8. The smallest absolute Gasteiger partial charge is 0.214 e. The second kappa shape index (κ2) is 4.33. The zero-order valence-corrected chi connectivity index (χ0v) is 10.3. The molecule has 1 aliphatic heterocycles. The van der Waals surface area contributed by atoms with Gasteiger partial charge in [0.25, 0.3) is 0 Å². The maximum atomic E-state index is 12.0. The SMILES string of the molecule is CC1CN(S(=O)(=O)CC2CC2)CCC1=NO. The lowest BCUT2D eigenvalue weighted by Gasteiger charge is -2.30. The van der Waals surface area contributed by atoms with Crippen LogP contribution in [0.3, 0.4) is 0 Å². The Bertz CT molecular complexity index is 387. The summed E-state index contributed by atoms with van der Waals surface area (Å²) in [6.45, 7) is 2.81. The Morgan fingerprint density at radius 1 is 1.50 bits per heavy atom. The van der Waals surface area contributed by atoms with Crippen molar-refractivity contribution in [1.82, 2.24) is 4.31 Å². The molecule has 1 heterocycles. The summed E-state index contributed by atoms with van der Waals surface area (Å²) < 4.78 is 25.5. The number of nitrogens with zero attached hydrogens (tertiary/aromatic N) is 2. The molecular formula is C10H18N2O3S.